The fourth-order valence-corrected chi connectivity index (χ4v) is 2.38. The molecule has 2 rings (SSSR count). The van der Waals surface area contributed by atoms with E-state index < -0.39 is 17.8 Å². The molecule has 1 aromatic rings. The summed E-state index contributed by atoms with van der Waals surface area (Å²) in [6.07, 6.45) is 2.14. The van der Waals surface area contributed by atoms with Gasteiger partial charge in [-0.2, -0.15) is 0 Å². The smallest absolute Gasteiger partial charge is 0.337 e. The Labute approximate surface area is 121 Å². The lowest BCUT2D eigenvalue weighted by Gasteiger charge is -2.26. The molecule has 7 heteroatoms. The second kappa shape index (κ2) is 6.53. The minimum Gasteiger partial charge on any atom is -0.478 e. The zero-order valence-corrected chi connectivity index (χ0v) is 11.3. The third-order valence-corrected chi connectivity index (χ3v) is 3.51. The Bertz CT molecular complexity index is 542. The van der Waals surface area contributed by atoms with Gasteiger partial charge in [0.05, 0.1) is 17.4 Å². The summed E-state index contributed by atoms with van der Waals surface area (Å²) in [5.41, 5.74) is -0.650. The number of hydrogen-bond donors (Lipinski definition) is 4. The second-order valence-corrected chi connectivity index (χ2v) is 5.07. The van der Waals surface area contributed by atoms with E-state index >= 15 is 0 Å². The van der Waals surface area contributed by atoms with Crippen LogP contribution in [-0.4, -0.2) is 34.4 Å². The number of carboxylic acids is 1. The Balaban J connectivity index is 2.01. The molecule has 4 N–H and O–H groups in total. The quantitative estimate of drug-likeness (QED) is 0.685. The predicted molar refractivity (Wildman–Crippen MR) is 73.8 cm³/mol. The number of hydrogen-bond acceptors (Lipinski definition) is 3. The van der Waals surface area contributed by atoms with Crippen LogP contribution in [0, 0.1) is 5.82 Å². The highest BCUT2D eigenvalue weighted by molar-refractivity contribution is 6.00. The van der Waals surface area contributed by atoms with Gasteiger partial charge in [0, 0.05) is 6.04 Å². The third kappa shape index (κ3) is 3.91. The molecule has 0 bridgehead atoms. The first-order valence-electron chi connectivity index (χ1n) is 6.74. The first-order chi connectivity index (χ1) is 9.97. The van der Waals surface area contributed by atoms with Crippen molar-refractivity contribution in [3.63, 3.8) is 0 Å². The maximum absolute atomic E-state index is 13.7. The van der Waals surface area contributed by atoms with Gasteiger partial charge in [0.2, 0.25) is 0 Å². The molecule has 114 valence electrons. The van der Waals surface area contributed by atoms with Gasteiger partial charge in [-0.25, -0.2) is 14.0 Å². The number of rotatable bonds is 3. The average Bonchev–Trinajstić information content (AvgIpc) is 2.43. The molecule has 2 amide bonds. The Morgan fingerprint density at radius 3 is 2.48 bits per heavy atom. The molecule has 0 aromatic heterocycles. The molecule has 0 atom stereocenters. The number of aliphatic hydroxyl groups is 1. The van der Waals surface area contributed by atoms with Crippen molar-refractivity contribution in [2.45, 2.75) is 37.8 Å². The summed E-state index contributed by atoms with van der Waals surface area (Å²) < 4.78 is 13.7. The lowest BCUT2D eigenvalue weighted by Crippen LogP contribution is -2.41. The van der Waals surface area contributed by atoms with Crippen LogP contribution in [0.4, 0.5) is 14.9 Å². The topological polar surface area (TPSA) is 98.7 Å². The van der Waals surface area contributed by atoms with Crippen LogP contribution < -0.4 is 10.6 Å². The van der Waals surface area contributed by atoms with Crippen molar-refractivity contribution >= 4 is 17.7 Å². The van der Waals surface area contributed by atoms with Crippen LogP contribution in [0.5, 0.6) is 0 Å². The number of amides is 2. The van der Waals surface area contributed by atoms with Crippen LogP contribution >= 0.6 is 0 Å². The van der Waals surface area contributed by atoms with Crippen molar-refractivity contribution in [2.24, 2.45) is 0 Å². The summed E-state index contributed by atoms with van der Waals surface area (Å²) >= 11 is 0. The number of nitrogens with one attached hydrogen (secondary N) is 2. The van der Waals surface area contributed by atoms with E-state index in [0.717, 1.165) is 6.07 Å². The number of urea groups is 1. The lowest BCUT2D eigenvalue weighted by molar-refractivity contribution is 0.0697. The van der Waals surface area contributed by atoms with E-state index in [9.17, 15) is 19.1 Å². The molecule has 6 nitrogen and oxygen atoms in total. The van der Waals surface area contributed by atoms with Crippen LogP contribution in [0.15, 0.2) is 18.2 Å². The Morgan fingerprint density at radius 1 is 1.19 bits per heavy atom. The van der Waals surface area contributed by atoms with Gasteiger partial charge >= 0.3 is 12.0 Å². The molecule has 1 aliphatic carbocycles. The second-order valence-electron chi connectivity index (χ2n) is 5.07. The number of halogens is 1. The summed E-state index contributed by atoms with van der Waals surface area (Å²) in [7, 11) is 0. The highest BCUT2D eigenvalue weighted by atomic mass is 19.1. The standard InChI is InChI=1S/C14H17FN2O4/c15-11-3-1-2-10(13(19)20)12(11)17-14(21)16-8-4-6-9(18)7-5-8/h1-3,8-9,18H,4-7H2,(H,19,20)(H2,16,17,21). The van der Waals surface area contributed by atoms with E-state index in [2.05, 4.69) is 10.6 Å². The molecule has 0 saturated heterocycles. The molecule has 1 aromatic carbocycles. The number of aliphatic hydroxyl groups excluding tert-OH is 1. The summed E-state index contributed by atoms with van der Waals surface area (Å²) in [5.74, 6) is -2.12. The van der Waals surface area contributed by atoms with E-state index in [0.29, 0.717) is 25.7 Å². The third-order valence-electron chi connectivity index (χ3n) is 3.51. The summed E-state index contributed by atoms with van der Waals surface area (Å²) in [6.45, 7) is 0. The van der Waals surface area contributed by atoms with E-state index in [4.69, 9.17) is 5.11 Å². The van der Waals surface area contributed by atoms with Gasteiger partial charge in [-0.1, -0.05) is 6.07 Å². The van der Waals surface area contributed by atoms with Gasteiger partial charge in [-0.15, -0.1) is 0 Å². The zero-order valence-electron chi connectivity index (χ0n) is 11.3. The molecule has 0 heterocycles. The molecule has 0 unspecified atom stereocenters. The minimum atomic E-state index is -1.31. The van der Waals surface area contributed by atoms with Crippen molar-refractivity contribution in [3.8, 4) is 0 Å². The normalized spacial score (nSPS) is 21.6. The molecule has 0 spiro atoms. The number of carbonyl (C=O) groups excluding carboxylic acids is 1. The first-order valence-corrected chi connectivity index (χ1v) is 6.74. The Hall–Kier alpha value is -2.15. The first kappa shape index (κ1) is 15.2. The fraction of sp³-hybridized carbons (Fsp3) is 0.429. The summed E-state index contributed by atoms with van der Waals surface area (Å²) in [4.78, 5) is 22.9. The van der Waals surface area contributed by atoms with E-state index in [1.165, 1.54) is 12.1 Å². The number of aromatic carboxylic acids is 1. The molecule has 0 aliphatic heterocycles. The molecule has 21 heavy (non-hydrogen) atoms. The number of anilines is 1. The van der Waals surface area contributed by atoms with Gasteiger partial charge in [-0.05, 0) is 37.8 Å². The number of carboxylic acid groups (broad SMARTS) is 1. The number of carbonyl (C=O) groups is 2. The Morgan fingerprint density at radius 2 is 1.86 bits per heavy atom. The fourth-order valence-electron chi connectivity index (χ4n) is 2.38. The van der Waals surface area contributed by atoms with Crippen molar-refractivity contribution in [1.82, 2.24) is 5.32 Å². The Kier molecular flexibility index (Phi) is 4.74. The average molecular weight is 296 g/mol. The van der Waals surface area contributed by atoms with E-state index in [-0.39, 0.29) is 23.4 Å². The van der Waals surface area contributed by atoms with Gasteiger partial charge in [0.15, 0.2) is 0 Å². The van der Waals surface area contributed by atoms with E-state index in [1.807, 2.05) is 0 Å². The molecule has 1 aliphatic rings. The highest BCUT2D eigenvalue weighted by Crippen LogP contribution is 2.21. The van der Waals surface area contributed by atoms with Crippen LogP contribution in [0.25, 0.3) is 0 Å². The molecule has 1 saturated carbocycles. The highest BCUT2D eigenvalue weighted by Gasteiger charge is 2.22. The SMILES string of the molecule is O=C(Nc1c(F)cccc1C(=O)O)NC1CCC(O)CC1. The van der Waals surface area contributed by atoms with Gasteiger partial charge in [0.1, 0.15) is 5.82 Å². The molecular weight excluding hydrogens is 279 g/mol. The molecule has 0 radical (unpaired) electrons. The van der Waals surface area contributed by atoms with Gasteiger partial charge in [0.25, 0.3) is 0 Å². The predicted octanol–water partition coefficient (Wildman–Crippen LogP) is 1.95. The number of benzene rings is 1. The van der Waals surface area contributed by atoms with E-state index in [1.54, 1.807) is 0 Å². The van der Waals surface area contributed by atoms with Crippen molar-refractivity contribution in [3.05, 3.63) is 29.6 Å². The van der Waals surface area contributed by atoms with Crippen LogP contribution in [0.3, 0.4) is 0 Å². The summed E-state index contributed by atoms with van der Waals surface area (Å²) in [5, 5.41) is 23.3. The van der Waals surface area contributed by atoms with Gasteiger partial charge in [-0.3, -0.25) is 0 Å². The van der Waals surface area contributed by atoms with Crippen molar-refractivity contribution in [1.29, 1.82) is 0 Å². The van der Waals surface area contributed by atoms with Crippen LogP contribution in [0.2, 0.25) is 0 Å². The monoisotopic (exact) mass is 296 g/mol. The maximum Gasteiger partial charge on any atom is 0.337 e. The largest absolute Gasteiger partial charge is 0.478 e. The van der Waals surface area contributed by atoms with Crippen LogP contribution in [0.1, 0.15) is 36.0 Å². The van der Waals surface area contributed by atoms with Crippen LogP contribution in [-0.2, 0) is 0 Å². The molecule has 1 fully saturated rings. The molecular formula is C14H17FN2O4. The maximum atomic E-state index is 13.7. The minimum absolute atomic E-state index is 0.103. The van der Waals surface area contributed by atoms with Crippen molar-refractivity contribution < 1.29 is 24.2 Å². The summed E-state index contributed by atoms with van der Waals surface area (Å²) in [6, 6.07) is 2.82. The lowest BCUT2D eigenvalue weighted by atomic mass is 9.93. The van der Waals surface area contributed by atoms with Gasteiger partial charge < -0.3 is 20.8 Å². The van der Waals surface area contributed by atoms with Crippen molar-refractivity contribution in [2.75, 3.05) is 5.32 Å². The number of para-hydroxylation sites is 1. The zero-order chi connectivity index (χ0) is 15.4.